The van der Waals surface area contributed by atoms with E-state index in [0.29, 0.717) is 10.0 Å². The minimum Gasteiger partial charge on any atom is -0.320 e. The number of nitrogens with two attached hydrogens (primary N) is 1. The van der Waals surface area contributed by atoms with Crippen molar-refractivity contribution in [2.24, 2.45) is 5.73 Å². The number of hydrogen-bond donors (Lipinski definition) is 1. The molecule has 0 saturated heterocycles. The molecule has 94 valence electrons. The molecule has 0 heterocycles. The Bertz CT molecular complexity index is 554. The lowest BCUT2D eigenvalue weighted by Gasteiger charge is -2.17. The molecule has 0 amide bonds. The van der Waals surface area contributed by atoms with Crippen LogP contribution in [0.2, 0.25) is 0 Å². The van der Waals surface area contributed by atoms with Crippen molar-refractivity contribution in [3.63, 3.8) is 0 Å². The molecule has 2 aromatic rings. The van der Waals surface area contributed by atoms with Crippen molar-refractivity contribution in [2.45, 2.75) is 19.4 Å². The Morgan fingerprint density at radius 2 is 1.78 bits per heavy atom. The molecule has 0 fully saturated rings. The fourth-order valence-corrected chi connectivity index (χ4v) is 2.47. The Morgan fingerprint density at radius 3 is 2.50 bits per heavy atom. The maximum Gasteiger partial charge on any atom is 0.142 e. The van der Waals surface area contributed by atoms with Crippen LogP contribution >= 0.6 is 15.9 Å². The van der Waals surface area contributed by atoms with Crippen molar-refractivity contribution in [3.8, 4) is 0 Å². The van der Waals surface area contributed by atoms with E-state index in [-0.39, 0.29) is 5.82 Å². The van der Waals surface area contributed by atoms with E-state index in [1.807, 2.05) is 24.3 Å². The predicted molar refractivity (Wildman–Crippen MR) is 76.0 cm³/mol. The average Bonchev–Trinajstić information content (AvgIpc) is 2.41. The van der Waals surface area contributed by atoms with E-state index in [2.05, 4.69) is 22.9 Å². The molecule has 2 N–H and O–H groups in total. The Balaban J connectivity index is 2.48. The van der Waals surface area contributed by atoms with Crippen LogP contribution in [0, 0.1) is 5.82 Å². The van der Waals surface area contributed by atoms with Gasteiger partial charge in [-0.25, -0.2) is 4.39 Å². The van der Waals surface area contributed by atoms with Crippen molar-refractivity contribution in [3.05, 3.63) is 69.4 Å². The summed E-state index contributed by atoms with van der Waals surface area (Å²) in [7, 11) is 0. The van der Waals surface area contributed by atoms with Crippen LogP contribution in [0.1, 0.15) is 29.7 Å². The first-order valence-corrected chi connectivity index (χ1v) is 6.71. The van der Waals surface area contributed by atoms with Gasteiger partial charge in [-0.1, -0.05) is 43.3 Å². The molecule has 1 atom stereocenters. The summed E-state index contributed by atoms with van der Waals surface area (Å²) in [5, 5.41) is 0. The van der Waals surface area contributed by atoms with E-state index in [1.54, 1.807) is 18.2 Å². The maximum atomic E-state index is 14.0. The predicted octanol–water partition coefficient (Wildman–Crippen LogP) is 4.20. The van der Waals surface area contributed by atoms with Crippen LogP contribution in [0.5, 0.6) is 0 Å². The molecule has 2 rings (SSSR count). The van der Waals surface area contributed by atoms with Gasteiger partial charge < -0.3 is 5.73 Å². The van der Waals surface area contributed by atoms with Crippen LogP contribution in [-0.4, -0.2) is 0 Å². The second-order valence-electron chi connectivity index (χ2n) is 4.17. The zero-order chi connectivity index (χ0) is 13.1. The zero-order valence-corrected chi connectivity index (χ0v) is 11.7. The molecular weight excluding hydrogens is 293 g/mol. The molecule has 0 bridgehead atoms. The molecule has 0 aliphatic carbocycles. The van der Waals surface area contributed by atoms with Gasteiger partial charge in [0, 0.05) is 5.56 Å². The van der Waals surface area contributed by atoms with Gasteiger partial charge in [0.25, 0.3) is 0 Å². The van der Waals surface area contributed by atoms with Crippen LogP contribution in [0.15, 0.2) is 46.9 Å². The standard InChI is InChI=1S/C15H15BrFN/c1-2-10-6-3-4-7-11(10)15(18)12-8-5-9-13(16)14(12)17/h3-9,15H,2,18H2,1H3. The van der Waals surface area contributed by atoms with E-state index in [0.717, 1.165) is 17.5 Å². The van der Waals surface area contributed by atoms with Gasteiger partial charge in [-0.3, -0.25) is 0 Å². The Kier molecular flexibility index (Phi) is 4.15. The third kappa shape index (κ3) is 2.47. The summed E-state index contributed by atoms with van der Waals surface area (Å²) >= 11 is 3.19. The van der Waals surface area contributed by atoms with E-state index in [9.17, 15) is 4.39 Å². The van der Waals surface area contributed by atoms with Gasteiger partial charge in [0.1, 0.15) is 5.82 Å². The molecule has 0 aliphatic rings. The van der Waals surface area contributed by atoms with Crippen molar-refractivity contribution in [1.29, 1.82) is 0 Å². The van der Waals surface area contributed by atoms with Gasteiger partial charge in [0.2, 0.25) is 0 Å². The monoisotopic (exact) mass is 307 g/mol. The van der Waals surface area contributed by atoms with E-state index >= 15 is 0 Å². The first kappa shape index (κ1) is 13.2. The van der Waals surface area contributed by atoms with Gasteiger partial charge in [-0.15, -0.1) is 0 Å². The average molecular weight is 308 g/mol. The lowest BCUT2D eigenvalue weighted by atomic mass is 9.94. The van der Waals surface area contributed by atoms with Crippen molar-refractivity contribution in [1.82, 2.24) is 0 Å². The molecular formula is C15H15BrFN. The summed E-state index contributed by atoms with van der Waals surface area (Å²) in [5.41, 5.74) is 8.86. The lowest BCUT2D eigenvalue weighted by molar-refractivity contribution is 0.592. The van der Waals surface area contributed by atoms with Gasteiger partial charge in [0.05, 0.1) is 10.5 Å². The largest absolute Gasteiger partial charge is 0.320 e. The maximum absolute atomic E-state index is 14.0. The highest BCUT2D eigenvalue weighted by atomic mass is 79.9. The Labute approximate surface area is 115 Å². The molecule has 2 aromatic carbocycles. The minimum atomic E-state index is -0.432. The number of aryl methyl sites for hydroxylation is 1. The smallest absolute Gasteiger partial charge is 0.142 e. The fourth-order valence-electron chi connectivity index (χ4n) is 2.09. The highest BCUT2D eigenvalue weighted by Gasteiger charge is 2.17. The van der Waals surface area contributed by atoms with E-state index in [4.69, 9.17) is 5.73 Å². The molecule has 1 unspecified atom stereocenters. The van der Waals surface area contributed by atoms with Gasteiger partial charge in [0.15, 0.2) is 0 Å². The molecule has 0 aliphatic heterocycles. The first-order chi connectivity index (χ1) is 8.65. The molecule has 1 nitrogen and oxygen atoms in total. The number of hydrogen-bond acceptors (Lipinski definition) is 1. The second kappa shape index (κ2) is 5.63. The Hall–Kier alpha value is -1.19. The summed E-state index contributed by atoms with van der Waals surface area (Å²) in [5.74, 6) is -0.282. The third-order valence-corrected chi connectivity index (χ3v) is 3.70. The van der Waals surface area contributed by atoms with Crippen molar-refractivity contribution < 1.29 is 4.39 Å². The highest BCUT2D eigenvalue weighted by molar-refractivity contribution is 9.10. The topological polar surface area (TPSA) is 26.0 Å². The highest BCUT2D eigenvalue weighted by Crippen LogP contribution is 2.28. The number of rotatable bonds is 3. The minimum absolute atomic E-state index is 0.282. The van der Waals surface area contributed by atoms with Gasteiger partial charge in [-0.2, -0.15) is 0 Å². The van der Waals surface area contributed by atoms with Gasteiger partial charge >= 0.3 is 0 Å². The van der Waals surface area contributed by atoms with Crippen LogP contribution in [0.25, 0.3) is 0 Å². The normalized spacial score (nSPS) is 12.4. The van der Waals surface area contributed by atoms with Crippen LogP contribution in [0.4, 0.5) is 4.39 Å². The number of halogens is 2. The first-order valence-electron chi connectivity index (χ1n) is 5.92. The summed E-state index contributed by atoms with van der Waals surface area (Å²) in [6.45, 7) is 2.07. The van der Waals surface area contributed by atoms with Crippen molar-refractivity contribution >= 4 is 15.9 Å². The Morgan fingerprint density at radius 1 is 1.11 bits per heavy atom. The molecule has 0 radical (unpaired) electrons. The molecule has 0 aromatic heterocycles. The summed E-state index contributed by atoms with van der Waals surface area (Å²) in [6.07, 6.45) is 0.888. The van der Waals surface area contributed by atoms with Crippen LogP contribution in [0.3, 0.4) is 0 Å². The van der Waals surface area contributed by atoms with Crippen LogP contribution < -0.4 is 5.73 Å². The SMILES string of the molecule is CCc1ccccc1C(N)c1cccc(Br)c1F. The third-order valence-electron chi connectivity index (χ3n) is 3.09. The van der Waals surface area contributed by atoms with Crippen LogP contribution in [-0.2, 0) is 6.42 Å². The van der Waals surface area contributed by atoms with Crippen molar-refractivity contribution in [2.75, 3.05) is 0 Å². The van der Waals surface area contributed by atoms with E-state index in [1.165, 1.54) is 0 Å². The summed E-state index contributed by atoms with van der Waals surface area (Å²) < 4.78 is 14.5. The zero-order valence-electron chi connectivity index (χ0n) is 10.2. The molecule has 3 heteroatoms. The second-order valence-corrected chi connectivity index (χ2v) is 5.03. The quantitative estimate of drug-likeness (QED) is 0.903. The van der Waals surface area contributed by atoms with Gasteiger partial charge in [-0.05, 0) is 39.5 Å². The lowest BCUT2D eigenvalue weighted by Crippen LogP contribution is -2.15. The fraction of sp³-hybridized carbons (Fsp3) is 0.200. The van der Waals surface area contributed by atoms with E-state index < -0.39 is 6.04 Å². The molecule has 18 heavy (non-hydrogen) atoms. The number of benzene rings is 2. The summed E-state index contributed by atoms with van der Waals surface area (Å²) in [6, 6.07) is 12.7. The summed E-state index contributed by atoms with van der Waals surface area (Å²) in [4.78, 5) is 0. The molecule has 0 spiro atoms. The molecule has 0 saturated carbocycles.